The third-order valence-corrected chi connectivity index (χ3v) is 7.27. The Morgan fingerprint density at radius 3 is 2.50 bits per heavy atom. The summed E-state index contributed by atoms with van der Waals surface area (Å²) in [6.45, 7) is 1.81. The zero-order valence-corrected chi connectivity index (χ0v) is 18.8. The molecule has 1 amide bonds. The lowest BCUT2D eigenvalue weighted by atomic mass is 10.2. The number of benzene rings is 2. The number of carbonyl (C=O) groups is 1. The molecule has 0 aliphatic carbocycles. The van der Waals surface area contributed by atoms with Crippen molar-refractivity contribution >= 4 is 33.2 Å². The quantitative estimate of drug-likeness (QED) is 0.562. The molecular formula is C21H23ClN6O3S. The monoisotopic (exact) mass is 474 g/mol. The maximum Gasteiger partial charge on any atom is 0.238 e. The fourth-order valence-electron chi connectivity index (χ4n) is 3.58. The number of hydrogen-bond donors (Lipinski definition) is 1. The predicted octanol–water partition coefficient (Wildman–Crippen LogP) is 2.01. The van der Waals surface area contributed by atoms with E-state index < -0.39 is 10.0 Å². The fourth-order valence-corrected chi connectivity index (χ4v) is 5.26. The van der Waals surface area contributed by atoms with Crippen molar-refractivity contribution in [3.05, 3.63) is 71.8 Å². The minimum atomic E-state index is -3.40. The molecule has 1 N–H and O–H groups in total. The van der Waals surface area contributed by atoms with E-state index in [4.69, 9.17) is 11.6 Å². The number of carbonyl (C=O) groups excluding carboxylic acids is 1. The van der Waals surface area contributed by atoms with E-state index in [-0.39, 0.29) is 18.2 Å². The molecule has 32 heavy (non-hydrogen) atoms. The Balaban J connectivity index is 1.33. The standard InChI is InChI=1S/C21H23ClN6O3S/c22-18-6-7-20(28-16-23-15-24-28)19(12-18)25-21(29)13-26-8-10-27(11-9-26)32(30,31)14-17-4-2-1-3-5-17/h1-7,12,15-16H,8-11,13-14H2,(H,25,29). The highest BCUT2D eigenvalue weighted by atomic mass is 35.5. The van der Waals surface area contributed by atoms with E-state index in [1.165, 1.54) is 17.0 Å². The second kappa shape index (κ2) is 9.78. The minimum absolute atomic E-state index is 0.0197. The van der Waals surface area contributed by atoms with Crippen LogP contribution in [0.5, 0.6) is 0 Å². The van der Waals surface area contributed by atoms with Gasteiger partial charge in [-0.2, -0.15) is 9.40 Å². The van der Waals surface area contributed by atoms with Gasteiger partial charge in [0.05, 0.1) is 23.7 Å². The number of nitrogens with zero attached hydrogens (tertiary/aromatic N) is 5. The number of nitrogens with one attached hydrogen (secondary N) is 1. The van der Waals surface area contributed by atoms with Gasteiger partial charge >= 0.3 is 0 Å². The van der Waals surface area contributed by atoms with Gasteiger partial charge in [0.25, 0.3) is 0 Å². The van der Waals surface area contributed by atoms with Crippen molar-refractivity contribution in [2.45, 2.75) is 5.75 Å². The largest absolute Gasteiger partial charge is 0.323 e. The summed E-state index contributed by atoms with van der Waals surface area (Å²) in [5, 5.41) is 7.46. The number of hydrogen-bond acceptors (Lipinski definition) is 6. The number of anilines is 1. The maximum absolute atomic E-state index is 12.7. The van der Waals surface area contributed by atoms with Gasteiger partial charge < -0.3 is 5.32 Å². The number of halogens is 1. The zero-order chi connectivity index (χ0) is 22.6. The van der Waals surface area contributed by atoms with Crippen LogP contribution in [0.1, 0.15) is 5.56 Å². The number of amides is 1. The summed E-state index contributed by atoms with van der Waals surface area (Å²) in [6, 6.07) is 14.3. The molecule has 4 rings (SSSR count). The summed E-state index contributed by atoms with van der Waals surface area (Å²) in [4.78, 5) is 18.5. The van der Waals surface area contributed by atoms with E-state index >= 15 is 0 Å². The number of piperazine rings is 1. The van der Waals surface area contributed by atoms with Gasteiger partial charge in [-0.25, -0.2) is 18.1 Å². The lowest BCUT2D eigenvalue weighted by Crippen LogP contribution is -2.50. The highest BCUT2D eigenvalue weighted by Gasteiger charge is 2.28. The van der Waals surface area contributed by atoms with E-state index in [1.807, 2.05) is 35.2 Å². The Bertz CT molecular complexity index is 1160. The van der Waals surface area contributed by atoms with Gasteiger partial charge in [0, 0.05) is 31.2 Å². The van der Waals surface area contributed by atoms with Crippen LogP contribution >= 0.6 is 11.6 Å². The zero-order valence-electron chi connectivity index (χ0n) is 17.3. The van der Waals surface area contributed by atoms with Crippen LogP contribution in [0.3, 0.4) is 0 Å². The average molecular weight is 475 g/mol. The van der Waals surface area contributed by atoms with Crippen molar-refractivity contribution < 1.29 is 13.2 Å². The van der Waals surface area contributed by atoms with Crippen LogP contribution in [-0.2, 0) is 20.6 Å². The van der Waals surface area contributed by atoms with Crippen molar-refractivity contribution in [3.8, 4) is 5.69 Å². The fraction of sp³-hybridized carbons (Fsp3) is 0.286. The summed E-state index contributed by atoms with van der Waals surface area (Å²) < 4.78 is 28.5. The van der Waals surface area contributed by atoms with Crippen molar-refractivity contribution in [1.82, 2.24) is 24.0 Å². The van der Waals surface area contributed by atoms with Crippen LogP contribution in [0, 0.1) is 0 Å². The van der Waals surface area contributed by atoms with Gasteiger partial charge in [-0.3, -0.25) is 9.69 Å². The molecule has 1 fully saturated rings. The molecule has 9 nitrogen and oxygen atoms in total. The smallest absolute Gasteiger partial charge is 0.238 e. The normalized spacial score (nSPS) is 15.5. The highest BCUT2D eigenvalue weighted by Crippen LogP contribution is 2.24. The molecule has 0 saturated carbocycles. The molecule has 0 unspecified atom stereocenters. The van der Waals surface area contributed by atoms with Gasteiger partial charge in [0.2, 0.25) is 15.9 Å². The first-order valence-electron chi connectivity index (χ1n) is 10.1. The number of rotatable bonds is 7. The first-order chi connectivity index (χ1) is 15.4. The summed E-state index contributed by atoms with van der Waals surface area (Å²) in [6.07, 6.45) is 2.94. The third-order valence-electron chi connectivity index (χ3n) is 5.18. The first-order valence-corrected chi connectivity index (χ1v) is 12.1. The number of sulfonamides is 1. The lowest BCUT2D eigenvalue weighted by Gasteiger charge is -2.33. The molecule has 3 aromatic rings. The van der Waals surface area contributed by atoms with Crippen LogP contribution in [0.25, 0.3) is 5.69 Å². The summed E-state index contributed by atoms with van der Waals surface area (Å²) >= 11 is 6.10. The van der Waals surface area contributed by atoms with Crippen LogP contribution < -0.4 is 5.32 Å². The van der Waals surface area contributed by atoms with Crippen molar-refractivity contribution in [1.29, 1.82) is 0 Å². The van der Waals surface area contributed by atoms with Gasteiger partial charge in [-0.05, 0) is 23.8 Å². The van der Waals surface area contributed by atoms with E-state index in [1.54, 1.807) is 22.9 Å². The van der Waals surface area contributed by atoms with E-state index in [0.717, 1.165) is 5.56 Å². The molecule has 0 atom stereocenters. The molecule has 1 aliphatic heterocycles. The minimum Gasteiger partial charge on any atom is -0.323 e. The maximum atomic E-state index is 12.7. The van der Waals surface area contributed by atoms with Crippen LogP contribution in [0.4, 0.5) is 5.69 Å². The van der Waals surface area contributed by atoms with Crippen molar-refractivity contribution in [2.24, 2.45) is 0 Å². The molecule has 11 heteroatoms. The van der Waals surface area contributed by atoms with E-state index in [2.05, 4.69) is 15.4 Å². The summed E-state index contributed by atoms with van der Waals surface area (Å²) in [7, 11) is -3.40. The molecular weight excluding hydrogens is 452 g/mol. The molecule has 1 saturated heterocycles. The second-order valence-corrected chi connectivity index (χ2v) is 9.87. The lowest BCUT2D eigenvalue weighted by molar-refractivity contribution is -0.117. The molecule has 2 heterocycles. The Hall–Kier alpha value is -2.79. The Labute approximate surface area is 191 Å². The van der Waals surface area contributed by atoms with Crippen molar-refractivity contribution in [2.75, 3.05) is 38.0 Å². The van der Waals surface area contributed by atoms with E-state index in [0.29, 0.717) is 42.6 Å². The topological polar surface area (TPSA) is 100 Å². The van der Waals surface area contributed by atoms with Gasteiger partial charge in [0.15, 0.2) is 0 Å². The summed E-state index contributed by atoms with van der Waals surface area (Å²) in [5.74, 6) is -0.233. The molecule has 168 valence electrons. The van der Waals surface area contributed by atoms with Gasteiger partial charge in [0.1, 0.15) is 12.7 Å². The first kappa shape index (κ1) is 22.4. The SMILES string of the molecule is O=C(CN1CCN(S(=O)(=O)Cc2ccccc2)CC1)Nc1cc(Cl)ccc1-n1cncn1. The molecule has 0 radical (unpaired) electrons. The molecule has 0 spiro atoms. The molecule has 2 aromatic carbocycles. The van der Waals surface area contributed by atoms with Crippen LogP contribution in [0.2, 0.25) is 5.02 Å². The Kier molecular flexibility index (Phi) is 6.85. The van der Waals surface area contributed by atoms with Crippen LogP contribution in [0.15, 0.2) is 61.2 Å². The van der Waals surface area contributed by atoms with Crippen LogP contribution in [-0.4, -0.2) is 71.0 Å². The van der Waals surface area contributed by atoms with Gasteiger partial charge in [-0.1, -0.05) is 41.9 Å². The molecule has 1 aromatic heterocycles. The highest BCUT2D eigenvalue weighted by molar-refractivity contribution is 7.88. The van der Waals surface area contributed by atoms with Gasteiger partial charge in [-0.15, -0.1) is 0 Å². The Morgan fingerprint density at radius 1 is 1.06 bits per heavy atom. The average Bonchev–Trinajstić information content (AvgIpc) is 3.29. The van der Waals surface area contributed by atoms with E-state index in [9.17, 15) is 13.2 Å². The predicted molar refractivity (Wildman–Crippen MR) is 122 cm³/mol. The molecule has 1 aliphatic rings. The molecule has 0 bridgehead atoms. The number of aromatic nitrogens is 3. The second-order valence-electron chi connectivity index (χ2n) is 7.47. The Morgan fingerprint density at radius 2 is 1.81 bits per heavy atom. The van der Waals surface area contributed by atoms with Crippen molar-refractivity contribution in [3.63, 3.8) is 0 Å². The summed E-state index contributed by atoms with van der Waals surface area (Å²) in [5.41, 5.74) is 1.94. The third kappa shape index (κ3) is 5.52.